The summed E-state index contributed by atoms with van der Waals surface area (Å²) in [5.74, 6) is 0. The molecule has 0 bridgehead atoms. The van der Waals surface area contributed by atoms with E-state index in [2.05, 4.69) is 18.3 Å². The summed E-state index contributed by atoms with van der Waals surface area (Å²) in [5.41, 5.74) is 2.69. The van der Waals surface area contributed by atoms with Crippen molar-refractivity contribution in [2.24, 2.45) is 4.99 Å². The highest BCUT2D eigenvalue weighted by atomic mass is 35.5. The van der Waals surface area contributed by atoms with Gasteiger partial charge in [0.25, 0.3) is 0 Å². The second-order valence-electron chi connectivity index (χ2n) is 2.84. The topological polar surface area (TPSA) is 12.4 Å². The highest BCUT2D eigenvalue weighted by molar-refractivity contribution is 6.32. The van der Waals surface area contributed by atoms with Crippen LogP contribution in [0.25, 0.3) is 5.57 Å². The minimum atomic E-state index is 0.699. The summed E-state index contributed by atoms with van der Waals surface area (Å²) in [7, 11) is 0. The molecule has 0 amide bonds. The minimum absolute atomic E-state index is 0.699. The molecule has 1 nitrogen and oxygen atoms in total. The SMILES string of the molecule is C=C/C(=C(/C)N=C)c1ccccc1Cl. The lowest BCUT2D eigenvalue weighted by molar-refractivity contribution is 1.33. The Balaban J connectivity index is 3.34. The van der Waals surface area contributed by atoms with Gasteiger partial charge in [0.15, 0.2) is 0 Å². The molecule has 1 aromatic rings. The van der Waals surface area contributed by atoms with Crippen LogP contribution in [0.3, 0.4) is 0 Å². The van der Waals surface area contributed by atoms with Crippen LogP contribution in [-0.2, 0) is 0 Å². The van der Waals surface area contributed by atoms with E-state index in [1.807, 2.05) is 31.2 Å². The molecule has 14 heavy (non-hydrogen) atoms. The van der Waals surface area contributed by atoms with Crippen molar-refractivity contribution in [2.75, 3.05) is 0 Å². The quantitative estimate of drug-likeness (QED) is 0.523. The van der Waals surface area contributed by atoms with E-state index in [-0.39, 0.29) is 0 Å². The first-order valence-corrected chi connectivity index (χ1v) is 4.63. The molecule has 2 heteroatoms. The van der Waals surface area contributed by atoms with Gasteiger partial charge < -0.3 is 0 Å². The van der Waals surface area contributed by atoms with Crippen LogP contribution in [0.15, 0.2) is 47.6 Å². The molecule has 0 atom stereocenters. The third kappa shape index (κ3) is 2.12. The largest absolute Gasteiger partial charge is 0.269 e. The van der Waals surface area contributed by atoms with E-state index in [0.29, 0.717) is 5.02 Å². The van der Waals surface area contributed by atoms with Crippen molar-refractivity contribution in [3.05, 3.63) is 53.2 Å². The molecule has 0 N–H and O–H groups in total. The highest BCUT2D eigenvalue weighted by Crippen LogP contribution is 2.26. The van der Waals surface area contributed by atoms with Gasteiger partial charge in [-0.15, -0.1) is 0 Å². The number of hydrogen-bond acceptors (Lipinski definition) is 1. The van der Waals surface area contributed by atoms with Crippen molar-refractivity contribution in [2.45, 2.75) is 6.92 Å². The van der Waals surface area contributed by atoms with E-state index in [1.54, 1.807) is 6.08 Å². The summed E-state index contributed by atoms with van der Waals surface area (Å²) in [6.07, 6.45) is 1.74. The van der Waals surface area contributed by atoms with Crippen LogP contribution in [-0.4, -0.2) is 6.72 Å². The van der Waals surface area contributed by atoms with Crippen LogP contribution in [0.4, 0.5) is 0 Å². The Hall–Kier alpha value is -1.34. The molecule has 0 aliphatic carbocycles. The second kappa shape index (κ2) is 4.77. The predicted molar refractivity (Wildman–Crippen MR) is 63.8 cm³/mol. The van der Waals surface area contributed by atoms with Gasteiger partial charge in [0.1, 0.15) is 0 Å². The molecule has 0 aliphatic heterocycles. The molecular formula is C12H12ClN. The lowest BCUT2D eigenvalue weighted by atomic mass is 10.0. The third-order valence-corrected chi connectivity index (χ3v) is 2.32. The Labute approximate surface area is 89.4 Å². The zero-order valence-corrected chi connectivity index (χ0v) is 8.88. The summed E-state index contributed by atoms with van der Waals surface area (Å²) >= 11 is 6.05. The first kappa shape index (κ1) is 10.7. The molecule has 0 fully saturated rings. The maximum atomic E-state index is 6.05. The normalized spacial score (nSPS) is 11.9. The number of nitrogens with zero attached hydrogens (tertiary/aromatic N) is 1. The number of benzene rings is 1. The molecule has 0 aliphatic rings. The molecule has 0 saturated heterocycles. The van der Waals surface area contributed by atoms with Crippen LogP contribution in [0, 0.1) is 0 Å². The van der Waals surface area contributed by atoms with Crippen LogP contribution in [0.2, 0.25) is 5.02 Å². The summed E-state index contributed by atoms with van der Waals surface area (Å²) in [4.78, 5) is 3.88. The molecule has 0 heterocycles. The number of allylic oxidation sites excluding steroid dienone is 3. The van der Waals surface area contributed by atoms with E-state index in [1.165, 1.54) is 0 Å². The van der Waals surface area contributed by atoms with Gasteiger partial charge in [-0.1, -0.05) is 42.5 Å². The zero-order chi connectivity index (χ0) is 10.6. The Morgan fingerprint density at radius 3 is 2.57 bits per heavy atom. The van der Waals surface area contributed by atoms with E-state index >= 15 is 0 Å². The van der Waals surface area contributed by atoms with Crippen LogP contribution < -0.4 is 0 Å². The molecule has 72 valence electrons. The second-order valence-corrected chi connectivity index (χ2v) is 3.25. The van der Waals surface area contributed by atoms with Gasteiger partial charge >= 0.3 is 0 Å². The van der Waals surface area contributed by atoms with Crippen molar-refractivity contribution < 1.29 is 0 Å². The van der Waals surface area contributed by atoms with Crippen LogP contribution in [0.5, 0.6) is 0 Å². The fourth-order valence-electron chi connectivity index (χ4n) is 1.22. The monoisotopic (exact) mass is 205 g/mol. The van der Waals surface area contributed by atoms with Gasteiger partial charge in [-0.2, -0.15) is 0 Å². The zero-order valence-electron chi connectivity index (χ0n) is 8.13. The molecule has 0 aromatic heterocycles. The lowest BCUT2D eigenvalue weighted by Gasteiger charge is -2.06. The minimum Gasteiger partial charge on any atom is -0.269 e. The van der Waals surface area contributed by atoms with Crippen molar-refractivity contribution >= 4 is 23.9 Å². The van der Waals surface area contributed by atoms with Gasteiger partial charge in [0.05, 0.1) is 0 Å². The Morgan fingerprint density at radius 1 is 1.43 bits per heavy atom. The van der Waals surface area contributed by atoms with Crippen LogP contribution in [0.1, 0.15) is 12.5 Å². The van der Waals surface area contributed by atoms with Gasteiger partial charge in [-0.05, 0) is 19.7 Å². The Kier molecular flexibility index (Phi) is 3.66. The van der Waals surface area contributed by atoms with Gasteiger partial charge in [0, 0.05) is 21.9 Å². The van der Waals surface area contributed by atoms with Crippen molar-refractivity contribution in [1.29, 1.82) is 0 Å². The summed E-state index contributed by atoms with van der Waals surface area (Å²) in [6.45, 7) is 9.11. The molecule has 0 saturated carbocycles. The van der Waals surface area contributed by atoms with E-state index < -0.39 is 0 Å². The predicted octanol–water partition coefficient (Wildman–Crippen LogP) is 3.96. The maximum Gasteiger partial charge on any atom is 0.0485 e. The van der Waals surface area contributed by atoms with E-state index in [4.69, 9.17) is 11.6 Å². The van der Waals surface area contributed by atoms with E-state index in [9.17, 15) is 0 Å². The smallest absolute Gasteiger partial charge is 0.0485 e. The summed E-state index contributed by atoms with van der Waals surface area (Å²) < 4.78 is 0. The summed E-state index contributed by atoms with van der Waals surface area (Å²) in [6, 6.07) is 7.61. The van der Waals surface area contributed by atoms with Crippen molar-refractivity contribution in [3.8, 4) is 0 Å². The number of rotatable bonds is 3. The van der Waals surface area contributed by atoms with E-state index in [0.717, 1.165) is 16.8 Å². The molecule has 0 unspecified atom stereocenters. The van der Waals surface area contributed by atoms with Crippen molar-refractivity contribution in [3.63, 3.8) is 0 Å². The first-order chi connectivity index (χ1) is 6.70. The maximum absolute atomic E-state index is 6.05. The molecule has 0 spiro atoms. The van der Waals surface area contributed by atoms with Crippen molar-refractivity contribution in [1.82, 2.24) is 0 Å². The number of hydrogen-bond donors (Lipinski definition) is 0. The average Bonchev–Trinajstić information content (AvgIpc) is 2.21. The van der Waals surface area contributed by atoms with Gasteiger partial charge in [0.2, 0.25) is 0 Å². The molecular weight excluding hydrogens is 194 g/mol. The van der Waals surface area contributed by atoms with Crippen LogP contribution >= 0.6 is 11.6 Å². The standard InChI is InChI=1S/C12H12ClN/c1-4-10(9(2)14-3)11-7-5-6-8-12(11)13/h4-8H,1,3H2,2H3/b10-9+. The Morgan fingerprint density at radius 2 is 2.07 bits per heavy atom. The number of halogens is 1. The molecule has 0 radical (unpaired) electrons. The van der Waals surface area contributed by atoms with Gasteiger partial charge in [-0.3, -0.25) is 4.99 Å². The number of aliphatic imine (C=N–C) groups is 1. The average molecular weight is 206 g/mol. The Bertz CT molecular complexity index is 391. The molecule has 1 rings (SSSR count). The highest BCUT2D eigenvalue weighted by Gasteiger charge is 2.04. The lowest BCUT2D eigenvalue weighted by Crippen LogP contribution is -1.85. The third-order valence-electron chi connectivity index (χ3n) is 2.00. The summed E-state index contributed by atoms with van der Waals surface area (Å²) in [5, 5.41) is 0.699. The fraction of sp³-hybridized carbons (Fsp3) is 0.0833. The van der Waals surface area contributed by atoms with Gasteiger partial charge in [-0.25, -0.2) is 0 Å². The first-order valence-electron chi connectivity index (χ1n) is 4.25. The fourth-order valence-corrected chi connectivity index (χ4v) is 1.45. The molecule has 1 aromatic carbocycles.